The molecule has 0 fully saturated rings. The van der Waals surface area contributed by atoms with E-state index in [2.05, 4.69) is 5.32 Å². The van der Waals surface area contributed by atoms with Gasteiger partial charge in [-0.1, -0.05) is 30.7 Å². The molecule has 0 bridgehead atoms. The molecule has 1 rings (SSSR count). The molecule has 1 aromatic rings. The van der Waals surface area contributed by atoms with Crippen molar-refractivity contribution in [2.24, 2.45) is 0 Å². The van der Waals surface area contributed by atoms with Crippen molar-refractivity contribution in [3.8, 4) is 0 Å². The number of carbonyl (C=O) groups excluding carboxylic acids is 1. The van der Waals surface area contributed by atoms with E-state index in [1.165, 1.54) is 0 Å². The van der Waals surface area contributed by atoms with Crippen LogP contribution in [0.3, 0.4) is 0 Å². The van der Waals surface area contributed by atoms with Gasteiger partial charge in [0.1, 0.15) is 11.6 Å². The molecule has 1 amide bonds. The Labute approximate surface area is 135 Å². The minimum Gasteiger partial charge on any atom is -0.480 e. The number of carboxylic acid groups (broad SMARTS) is 1. The standard InChI is InChI=1S/C16H22ClNO4/c1-5-12(10-6-8-11(17)9-7-10)13(14(19)20)18-15(21)22-16(2,3)4/h6-9,12-13H,5H2,1-4H3,(H,18,21)(H,19,20)/t12-,13-/m0/s1. The number of nitrogens with one attached hydrogen (secondary N) is 1. The third kappa shape index (κ3) is 5.56. The second-order valence-corrected chi connectivity index (χ2v) is 6.46. The molecular weight excluding hydrogens is 306 g/mol. The van der Waals surface area contributed by atoms with Gasteiger partial charge in [0.2, 0.25) is 0 Å². The van der Waals surface area contributed by atoms with Gasteiger partial charge in [-0.05, 0) is 44.9 Å². The highest BCUT2D eigenvalue weighted by molar-refractivity contribution is 6.30. The van der Waals surface area contributed by atoms with Crippen molar-refractivity contribution in [1.29, 1.82) is 0 Å². The van der Waals surface area contributed by atoms with E-state index in [0.717, 1.165) is 5.56 Å². The number of halogens is 1. The molecule has 0 unspecified atom stereocenters. The van der Waals surface area contributed by atoms with Gasteiger partial charge in [0.05, 0.1) is 0 Å². The Hall–Kier alpha value is -1.75. The molecule has 0 aromatic heterocycles. The lowest BCUT2D eigenvalue weighted by molar-refractivity contribution is -0.140. The molecule has 2 atom stereocenters. The molecule has 0 aliphatic carbocycles. The summed E-state index contributed by atoms with van der Waals surface area (Å²) in [5.74, 6) is -1.48. The zero-order valence-electron chi connectivity index (χ0n) is 13.2. The van der Waals surface area contributed by atoms with Gasteiger partial charge in [-0.2, -0.15) is 0 Å². The van der Waals surface area contributed by atoms with E-state index >= 15 is 0 Å². The number of rotatable bonds is 5. The van der Waals surface area contributed by atoms with Gasteiger partial charge in [-0.25, -0.2) is 9.59 Å². The molecule has 1 aromatic carbocycles. The third-order valence-corrected chi connectivity index (χ3v) is 3.33. The van der Waals surface area contributed by atoms with Crippen molar-refractivity contribution in [3.05, 3.63) is 34.9 Å². The highest BCUT2D eigenvalue weighted by Gasteiger charge is 2.31. The smallest absolute Gasteiger partial charge is 0.408 e. The van der Waals surface area contributed by atoms with Crippen LogP contribution in [0.4, 0.5) is 4.79 Å². The number of amides is 1. The first-order valence-corrected chi connectivity index (χ1v) is 7.49. The summed E-state index contributed by atoms with van der Waals surface area (Å²) in [7, 11) is 0. The lowest BCUT2D eigenvalue weighted by Gasteiger charge is -2.26. The monoisotopic (exact) mass is 327 g/mol. The number of hydrogen-bond donors (Lipinski definition) is 2. The van der Waals surface area contributed by atoms with Crippen LogP contribution < -0.4 is 5.32 Å². The Balaban J connectivity index is 2.94. The quantitative estimate of drug-likeness (QED) is 0.862. The Morgan fingerprint density at radius 3 is 2.23 bits per heavy atom. The van der Waals surface area contributed by atoms with Gasteiger partial charge in [0, 0.05) is 10.9 Å². The van der Waals surface area contributed by atoms with Crippen LogP contribution >= 0.6 is 11.6 Å². The predicted molar refractivity (Wildman–Crippen MR) is 85.3 cm³/mol. The number of carbonyl (C=O) groups is 2. The van der Waals surface area contributed by atoms with Crippen molar-refractivity contribution in [2.45, 2.75) is 51.7 Å². The van der Waals surface area contributed by atoms with E-state index in [4.69, 9.17) is 16.3 Å². The van der Waals surface area contributed by atoms with E-state index in [1.807, 2.05) is 6.92 Å². The zero-order chi connectivity index (χ0) is 16.9. The van der Waals surface area contributed by atoms with Gasteiger partial charge in [0.15, 0.2) is 0 Å². The molecule has 0 saturated carbocycles. The molecule has 0 aliphatic rings. The van der Waals surface area contributed by atoms with Crippen molar-refractivity contribution in [3.63, 3.8) is 0 Å². The van der Waals surface area contributed by atoms with E-state index in [1.54, 1.807) is 45.0 Å². The van der Waals surface area contributed by atoms with E-state index in [9.17, 15) is 14.7 Å². The minimum absolute atomic E-state index is 0.373. The molecule has 22 heavy (non-hydrogen) atoms. The largest absolute Gasteiger partial charge is 0.480 e. The molecule has 5 nitrogen and oxygen atoms in total. The number of ether oxygens (including phenoxy) is 1. The Morgan fingerprint density at radius 2 is 1.82 bits per heavy atom. The summed E-state index contributed by atoms with van der Waals surface area (Å²) >= 11 is 5.85. The molecule has 0 aliphatic heterocycles. The molecular formula is C16H22ClNO4. The predicted octanol–water partition coefficient (Wildman–Crippen LogP) is 3.81. The van der Waals surface area contributed by atoms with Crippen LogP contribution in [-0.4, -0.2) is 28.8 Å². The van der Waals surface area contributed by atoms with E-state index in [-0.39, 0.29) is 5.92 Å². The van der Waals surface area contributed by atoms with Crippen molar-refractivity contribution in [1.82, 2.24) is 5.32 Å². The fourth-order valence-corrected chi connectivity index (χ4v) is 2.27. The highest BCUT2D eigenvalue weighted by atomic mass is 35.5. The van der Waals surface area contributed by atoms with Crippen LogP contribution in [-0.2, 0) is 9.53 Å². The molecule has 0 saturated heterocycles. The summed E-state index contributed by atoms with van der Waals surface area (Å²) in [5, 5.41) is 12.5. The average molecular weight is 328 g/mol. The minimum atomic E-state index is -1.10. The van der Waals surface area contributed by atoms with E-state index in [0.29, 0.717) is 11.4 Å². The van der Waals surface area contributed by atoms with Gasteiger partial charge in [0.25, 0.3) is 0 Å². The summed E-state index contributed by atoms with van der Waals surface area (Å²) < 4.78 is 5.13. The molecule has 0 radical (unpaired) electrons. The van der Waals surface area contributed by atoms with Gasteiger partial charge >= 0.3 is 12.1 Å². The fraction of sp³-hybridized carbons (Fsp3) is 0.500. The summed E-state index contributed by atoms with van der Waals surface area (Å²) in [6.45, 7) is 7.03. The summed E-state index contributed by atoms with van der Waals surface area (Å²) in [6, 6.07) is 5.87. The summed E-state index contributed by atoms with van der Waals surface area (Å²) in [5.41, 5.74) is 0.116. The van der Waals surface area contributed by atoms with Crippen LogP contribution in [0.2, 0.25) is 5.02 Å². The van der Waals surface area contributed by atoms with E-state index < -0.39 is 23.7 Å². The Morgan fingerprint density at radius 1 is 1.27 bits per heavy atom. The van der Waals surface area contributed by atoms with Gasteiger partial charge in [-0.3, -0.25) is 0 Å². The Kier molecular flexibility index (Phi) is 6.23. The average Bonchev–Trinajstić information content (AvgIpc) is 2.38. The van der Waals surface area contributed by atoms with Crippen LogP contribution in [0.25, 0.3) is 0 Å². The number of carboxylic acids is 1. The van der Waals surface area contributed by atoms with Crippen molar-refractivity contribution < 1.29 is 19.4 Å². The molecule has 2 N–H and O–H groups in total. The lowest BCUT2D eigenvalue weighted by Crippen LogP contribution is -2.46. The maximum absolute atomic E-state index is 11.9. The van der Waals surface area contributed by atoms with Crippen LogP contribution in [0, 0.1) is 0 Å². The van der Waals surface area contributed by atoms with Crippen molar-refractivity contribution in [2.75, 3.05) is 0 Å². The zero-order valence-corrected chi connectivity index (χ0v) is 14.0. The molecule has 0 heterocycles. The second-order valence-electron chi connectivity index (χ2n) is 6.03. The fourth-order valence-electron chi connectivity index (χ4n) is 2.14. The normalized spacial score (nSPS) is 14.0. The summed E-state index contributed by atoms with van der Waals surface area (Å²) in [4.78, 5) is 23.4. The van der Waals surface area contributed by atoms with Gasteiger partial charge < -0.3 is 15.2 Å². The first-order valence-electron chi connectivity index (χ1n) is 7.12. The number of aliphatic carboxylic acids is 1. The number of benzene rings is 1. The second kappa shape index (κ2) is 7.49. The highest BCUT2D eigenvalue weighted by Crippen LogP contribution is 2.25. The Bertz CT molecular complexity index is 522. The summed E-state index contributed by atoms with van der Waals surface area (Å²) in [6.07, 6.45) is -0.193. The first kappa shape index (κ1) is 18.3. The SMILES string of the molecule is CC[C@@H](c1ccc(Cl)cc1)[C@H](NC(=O)OC(C)(C)C)C(=O)O. The first-order chi connectivity index (χ1) is 10.1. The van der Waals surface area contributed by atoms with Crippen LogP contribution in [0.1, 0.15) is 45.6 Å². The molecule has 122 valence electrons. The molecule has 6 heteroatoms. The number of hydrogen-bond acceptors (Lipinski definition) is 3. The van der Waals surface area contributed by atoms with Crippen molar-refractivity contribution >= 4 is 23.7 Å². The molecule has 0 spiro atoms. The number of alkyl carbamates (subject to hydrolysis) is 1. The maximum atomic E-state index is 11.9. The lowest BCUT2D eigenvalue weighted by atomic mass is 9.89. The van der Waals surface area contributed by atoms with Crippen LogP contribution in [0.5, 0.6) is 0 Å². The van der Waals surface area contributed by atoms with Crippen LogP contribution in [0.15, 0.2) is 24.3 Å². The maximum Gasteiger partial charge on any atom is 0.408 e. The third-order valence-electron chi connectivity index (χ3n) is 3.08. The van der Waals surface area contributed by atoms with Gasteiger partial charge in [-0.15, -0.1) is 0 Å². The topological polar surface area (TPSA) is 75.6 Å².